The van der Waals surface area contributed by atoms with E-state index in [0.29, 0.717) is 0 Å². The van der Waals surface area contributed by atoms with Crippen molar-refractivity contribution in [3.05, 3.63) is 11.7 Å². The van der Waals surface area contributed by atoms with Crippen molar-refractivity contribution >= 4 is 33.5 Å². The molecule has 48 valence electrons. The van der Waals surface area contributed by atoms with E-state index in [9.17, 15) is 0 Å². The fraction of sp³-hybridized carbons (Fsp3) is 0.200. The molecular weight excluding hydrogens is 152 g/mol. The van der Waals surface area contributed by atoms with Gasteiger partial charge in [0.25, 0.3) is 0 Å². The molecule has 1 heterocycles. The lowest BCUT2D eigenvalue weighted by Gasteiger charge is -1.94. The van der Waals surface area contributed by atoms with Gasteiger partial charge in [0, 0.05) is 0 Å². The van der Waals surface area contributed by atoms with Crippen LogP contribution < -0.4 is 5.32 Å². The van der Waals surface area contributed by atoms with Crippen LogP contribution >= 0.6 is 23.6 Å². The molecule has 2 nitrogen and oxygen atoms in total. The van der Waals surface area contributed by atoms with Crippen LogP contribution in [0.4, 0.5) is 5.00 Å². The Labute approximate surface area is 62.9 Å². The maximum absolute atomic E-state index is 4.81. The molecule has 0 bridgehead atoms. The van der Waals surface area contributed by atoms with Crippen LogP contribution in [0.25, 0.3) is 0 Å². The first-order valence-corrected chi connectivity index (χ1v) is 3.74. The maximum atomic E-state index is 4.81. The largest absolute Gasteiger partial charge is 0.341 e. The Bertz CT molecular complexity index is 193. The van der Waals surface area contributed by atoms with Gasteiger partial charge in [-0.05, 0) is 6.92 Å². The van der Waals surface area contributed by atoms with Gasteiger partial charge in [0.1, 0.15) is 5.00 Å². The average molecular weight is 158 g/mol. The van der Waals surface area contributed by atoms with E-state index in [1.54, 1.807) is 23.0 Å². The fourth-order valence-corrected chi connectivity index (χ4v) is 1.19. The molecule has 0 saturated carbocycles. The standard InChI is InChI=1S/C5H6N2S2/c1-4(8)7-5-2-6-3-9-5/h2-3H,1H3,(H,7,8). The van der Waals surface area contributed by atoms with E-state index >= 15 is 0 Å². The molecule has 0 amide bonds. The highest BCUT2D eigenvalue weighted by molar-refractivity contribution is 7.80. The monoisotopic (exact) mass is 158 g/mol. The van der Waals surface area contributed by atoms with Gasteiger partial charge in [0.15, 0.2) is 0 Å². The molecule has 1 aromatic heterocycles. The average Bonchev–Trinajstić information content (AvgIpc) is 2.15. The Morgan fingerprint density at radius 3 is 3.11 bits per heavy atom. The molecule has 1 N–H and O–H groups in total. The zero-order valence-corrected chi connectivity index (χ0v) is 6.55. The number of thiocarbonyl (C=S) groups is 1. The normalized spacial score (nSPS) is 9.00. The van der Waals surface area contributed by atoms with Gasteiger partial charge in [0.2, 0.25) is 0 Å². The van der Waals surface area contributed by atoms with Crippen molar-refractivity contribution < 1.29 is 0 Å². The Hall–Kier alpha value is -0.480. The number of nitrogens with zero attached hydrogens (tertiary/aromatic N) is 1. The number of anilines is 1. The van der Waals surface area contributed by atoms with Gasteiger partial charge in [-0.15, -0.1) is 11.3 Å². The van der Waals surface area contributed by atoms with Gasteiger partial charge in [-0.2, -0.15) is 0 Å². The molecule has 4 heteroatoms. The zero-order valence-electron chi connectivity index (χ0n) is 4.92. The Morgan fingerprint density at radius 2 is 2.67 bits per heavy atom. The minimum atomic E-state index is 0.777. The highest BCUT2D eigenvalue weighted by Crippen LogP contribution is 2.11. The van der Waals surface area contributed by atoms with Crippen LogP contribution in [0.5, 0.6) is 0 Å². The molecule has 9 heavy (non-hydrogen) atoms. The van der Waals surface area contributed by atoms with Crippen LogP contribution in [0, 0.1) is 0 Å². The predicted octanol–water partition coefficient (Wildman–Crippen LogP) is 1.90. The first-order valence-electron chi connectivity index (χ1n) is 2.45. The van der Waals surface area contributed by atoms with Crippen molar-refractivity contribution in [2.45, 2.75) is 6.92 Å². The number of thiazole rings is 1. The number of aromatic nitrogens is 1. The van der Waals surface area contributed by atoms with E-state index in [4.69, 9.17) is 12.2 Å². The van der Waals surface area contributed by atoms with Gasteiger partial charge in [-0.25, -0.2) is 0 Å². The second kappa shape index (κ2) is 2.89. The minimum Gasteiger partial charge on any atom is -0.341 e. The summed E-state index contributed by atoms with van der Waals surface area (Å²) in [6.07, 6.45) is 1.75. The van der Waals surface area contributed by atoms with Gasteiger partial charge in [-0.1, -0.05) is 12.2 Å². The maximum Gasteiger partial charge on any atom is 0.113 e. The summed E-state index contributed by atoms with van der Waals surface area (Å²) in [4.78, 5) is 4.65. The van der Waals surface area contributed by atoms with Crippen LogP contribution in [0.15, 0.2) is 11.7 Å². The van der Waals surface area contributed by atoms with Crippen molar-refractivity contribution in [2.24, 2.45) is 0 Å². The van der Waals surface area contributed by atoms with E-state index in [2.05, 4.69) is 10.3 Å². The summed E-state index contributed by atoms with van der Waals surface area (Å²) in [5, 5.41) is 3.97. The summed E-state index contributed by atoms with van der Waals surface area (Å²) in [6, 6.07) is 0. The molecule has 0 radical (unpaired) electrons. The zero-order chi connectivity index (χ0) is 6.69. The Morgan fingerprint density at radius 1 is 1.89 bits per heavy atom. The van der Waals surface area contributed by atoms with Crippen molar-refractivity contribution in [3.8, 4) is 0 Å². The molecule has 0 saturated heterocycles. The molecule has 0 aromatic carbocycles. The number of nitrogens with one attached hydrogen (secondary N) is 1. The number of hydrogen-bond donors (Lipinski definition) is 1. The van der Waals surface area contributed by atoms with Crippen LogP contribution in [-0.4, -0.2) is 9.97 Å². The van der Waals surface area contributed by atoms with E-state index < -0.39 is 0 Å². The van der Waals surface area contributed by atoms with Gasteiger partial charge in [0.05, 0.1) is 16.7 Å². The highest BCUT2D eigenvalue weighted by atomic mass is 32.1. The summed E-state index contributed by atoms with van der Waals surface area (Å²) in [5.41, 5.74) is 1.76. The van der Waals surface area contributed by atoms with Gasteiger partial charge < -0.3 is 5.32 Å². The quantitative estimate of drug-likeness (QED) is 0.632. The lowest BCUT2D eigenvalue weighted by molar-refractivity contribution is 1.42. The molecule has 0 aliphatic carbocycles. The van der Waals surface area contributed by atoms with Gasteiger partial charge >= 0.3 is 0 Å². The molecule has 0 aliphatic rings. The topological polar surface area (TPSA) is 24.9 Å². The molecule has 0 atom stereocenters. The third kappa shape index (κ3) is 2.07. The Kier molecular flexibility index (Phi) is 2.13. The molecule has 0 unspecified atom stereocenters. The van der Waals surface area contributed by atoms with E-state index in [-0.39, 0.29) is 0 Å². The van der Waals surface area contributed by atoms with Crippen molar-refractivity contribution in [1.29, 1.82) is 0 Å². The lowest BCUT2D eigenvalue weighted by Crippen LogP contribution is -2.00. The van der Waals surface area contributed by atoms with Crippen LogP contribution in [0.1, 0.15) is 6.92 Å². The van der Waals surface area contributed by atoms with E-state index in [0.717, 1.165) is 9.99 Å². The fourth-order valence-electron chi connectivity index (χ4n) is 0.451. The highest BCUT2D eigenvalue weighted by Gasteiger charge is 1.90. The van der Waals surface area contributed by atoms with Crippen molar-refractivity contribution in [3.63, 3.8) is 0 Å². The lowest BCUT2D eigenvalue weighted by atomic mass is 10.7. The summed E-state index contributed by atoms with van der Waals surface area (Å²) in [6.45, 7) is 1.84. The molecular formula is C5H6N2S2. The van der Waals surface area contributed by atoms with E-state index in [1.807, 2.05) is 6.92 Å². The first kappa shape index (κ1) is 6.64. The van der Waals surface area contributed by atoms with Crippen molar-refractivity contribution in [2.75, 3.05) is 5.32 Å². The predicted molar refractivity (Wildman–Crippen MR) is 44.0 cm³/mol. The summed E-state index contributed by atoms with van der Waals surface area (Å²) in [7, 11) is 0. The molecule has 0 aliphatic heterocycles. The van der Waals surface area contributed by atoms with Crippen LogP contribution in [-0.2, 0) is 0 Å². The molecule has 0 fully saturated rings. The third-order valence-electron chi connectivity index (χ3n) is 0.732. The summed E-state index contributed by atoms with van der Waals surface area (Å²) < 4.78 is 0. The minimum absolute atomic E-state index is 0.777. The molecule has 1 aromatic rings. The Balaban J connectivity index is 2.58. The third-order valence-corrected chi connectivity index (χ3v) is 1.52. The number of rotatable bonds is 1. The van der Waals surface area contributed by atoms with E-state index in [1.165, 1.54) is 0 Å². The second-order valence-electron chi connectivity index (χ2n) is 1.55. The first-order chi connectivity index (χ1) is 4.29. The van der Waals surface area contributed by atoms with Crippen LogP contribution in [0.3, 0.4) is 0 Å². The van der Waals surface area contributed by atoms with Crippen LogP contribution in [0.2, 0.25) is 0 Å². The number of hydrogen-bond acceptors (Lipinski definition) is 3. The molecule has 0 spiro atoms. The molecule has 1 rings (SSSR count). The summed E-state index contributed by atoms with van der Waals surface area (Å²) >= 11 is 6.35. The summed E-state index contributed by atoms with van der Waals surface area (Å²) in [5.74, 6) is 0. The second-order valence-corrected chi connectivity index (χ2v) is 3.05. The van der Waals surface area contributed by atoms with Crippen molar-refractivity contribution in [1.82, 2.24) is 4.98 Å². The smallest absolute Gasteiger partial charge is 0.113 e. The van der Waals surface area contributed by atoms with Gasteiger partial charge in [-0.3, -0.25) is 4.98 Å². The SMILES string of the molecule is CC(=S)Nc1cncs1.